The van der Waals surface area contributed by atoms with Gasteiger partial charge in [-0.3, -0.25) is 9.59 Å². The fourth-order valence-electron chi connectivity index (χ4n) is 1.59. The molecule has 0 rings (SSSR count). The van der Waals surface area contributed by atoms with E-state index in [2.05, 4.69) is 0 Å². The van der Waals surface area contributed by atoms with E-state index >= 15 is 0 Å². The number of esters is 1. The SMILES string of the molecule is CC(C)CC(C(=O)O)C(C)C(=O)OC(C)(C)C. The van der Waals surface area contributed by atoms with Gasteiger partial charge in [0.15, 0.2) is 0 Å². The third-order valence-electron chi connectivity index (χ3n) is 2.42. The molecule has 0 radical (unpaired) electrons. The summed E-state index contributed by atoms with van der Waals surface area (Å²) < 4.78 is 5.21. The smallest absolute Gasteiger partial charge is 0.310 e. The first kappa shape index (κ1) is 15.9. The zero-order valence-corrected chi connectivity index (χ0v) is 11.6. The molecule has 1 N–H and O–H groups in total. The molecule has 0 amide bonds. The van der Waals surface area contributed by atoms with Gasteiger partial charge in [-0.1, -0.05) is 20.8 Å². The van der Waals surface area contributed by atoms with Crippen LogP contribution in [-0.4, -0.2) is 22.6 Å². The monoisotopic (exact) mass is 244 g/mol. The van der Waals surface area contributed by atoms with Crippen molar-refractivity contribution >= 4 is 11.9 Å². The summed E-state index contributed by atoms with van der Waals surface area (Å²) in [6.07, 6.45) is 0.482. The topological polar surface area (TPSA) is 63.6 Å². The largest absolute Gasteiger partial charge is 0.481 e. The number of hydrogen-bond acceptors (Lipinski definition) is 3. The fraction of sp³-hybridized carbons (Fsp3) is 0.846. The summed E-state index contributed by atoms with van der Waals surface area (Å²) in [6, 6.07) is 0. The van der Waals surface area contributed by atoms with E-state index in [0.717, 1.165) is 0 Å². The first-order chi connectivity index (χ1) is 7.54. The van der Waals surface area contributed by atoms with Gasteiger partial charge in [0, 0.05) is 0 Å². The Bertz CT molecular complexity index is 276. The van der Waals surface area contributed by atoms with Crippen LogP contribution >= 0.6 is 0 Å². The van der Waals surface area contributed by atoms with Crippen LogP contribution in [0.3, 0.4) is 0 Å². The van der Waals surface area contributed by atoms with Gasteiger partial charge in [0.05, 0.1) is 11.8 Å². The number of carboxylic acids is 1. The van der Waals surface area contributed by atoms with Crippen LogP contribution in [0.15, 0.2) is 0 Å². The summed E-state index contributed by atoms with van der Waals surface area (Å²) >= 11 is 0. The van der Waals surface area contributed by atoms with Crippen LogP contribution in [0.4, 0.5) is 0 Å². The Hall–Kier alpha value is -1.06. The number of ether oxygens (including phenoxy) is 1. The standard InChI is InChI=1S/C13H24O4/c1-8(2)7-10(11(14)15)9(3)12(16)17-13(4,5)6/h8-10H,7H2,1-6H3,(H,14,15). The van der Waals surface area contributed by atoms with Crippen LogP contribution in [0, 0.1) is 17.8 Å². The van der Waals surface area contributed by atoms with E-state index in [-0.39, 0.29) is 5.92 Å². The minimum Gasteiger partial charge on any atom is -0.481 e. The van der Waals surface area contributed by atoms with Crippen molar-refractivity contribution in [2.45, 2.75) is 53.6 Å². The lowest BCUT2D eigenvalue weighted by Gasteiger charge is -2.25. The van der Waals surface area contributed by atoms with Gasteiger partial charge in [0.2, 0.25) is 0 Å². The Labute approximate surface area is 103 Å². The number of carboxylic acid groups (broad SMARTS) is 1. The minimum absolute atomic E-state index is 0.237. The molecule has 0 aliphatic heterocycles. The van der Waals surface area contributed by atoms with Gasteiger partial charge in [-0.05, 0) is 33.1 Å². The summed E-state index contributed by atoms with van der Waals surface area (Å²) in [4.78, 5) is 22.9. The van der Waals surface area contributed by atoms with Crippen molar-refractivity contribution < 1.29 is 19.4 Å². The second-order valence-electron chi connectivity index (χ2n) is 5.90. The number of carbonyl (C=O) groups excluding carboxylic acids is 1. The van der Waals surface area contributed by atoms with Gasteiger partial charge in [0.1, 0.15) is 5.60 Å². The molecule has 0 heterocycles. The predicted molar refractivity (Wildman–Crippen MR) is 65.6 cm³/mol. The fourth-order valence-corrected chi connectivity index (χ4v) is 1.59. The molecule has 17 heavy (non-hydrogen) atoms. The molecular weight excluding hydrogens is 220 g/mol. The van der Waals surface area contributed by atoms with E-state index in [4.69, 9.17) is 9.84 Å². The molecule has 4 heteroatoms. The molecule has 0 aromatic heterocycles. The Kier molecular flexibility index (Phi) is 5.66. The first-order valence-corrected chi connectivity index (χ1v) is 6.00. The molecule has 0 aliphatic rings. The van der Waals surface area contributed by atoms with E-state index in [1.165, 1.54) is 0 Å². The highest BCUT2D eigenvalue weighted by Gasteiger charge is 2.33. The predicted octanol–water partition coefficient (Wildman–Crippen LogP) is 2.71. The molecule has 0 aliphatic carbocycles. The number of hydrogen-bond donors (Lipinski definition) is 1. The molecule has 0 aromatic carbocycles. The maximum atomic E-state index is 11.8. The van der Waals surface area contributed by atoms with Crippen LogP contribution in [0.5, 0.6) is 0 Å². The van der Waals surface area contributed by atoms with Crippen LogP contribution < -0.4 is 0 Å². The molecule has 0 saturated heterocycles. The zero-order valence-electron chi connectivity index (χ0n) is 11.6. The van der Waals surface area contributed by atoms with Crippen LogP contribution in [0.2, 0.25) is 0 Å². The van der Waals surface area contributed by atoms with Crippen molar-refractivity contribution in [2.24, 2.45) is 17.8 Å². The quantitative estimate of drug-likeness (QED) is 0.755. The van der Waals surface area contributed by atoms with E-state index in [9.17, 15) is 9.59 Å². The van der Waals surface area contributed by atoms with Crippen molar-refractivity contribution in [1.29, 1.82) is 0 Å². The van der Waals surface area contributed by atoms with Crippen molar-refractivity contribution in [2.75, 3.05) is 0 Å². The normalized spacial score (nSPS) is 15.5. The lowest BCUT2D eigenvalue weighted by molar-refractivity contribution is -0.166. The van der Waals surface area contributed by atoms with Gasteiger partial charge < -0.3 is 9.84 Å². The molecule has 4 nitrogen and oxygen atoms in total. The van der Waals surface area contributed by atoms with Gasteiger partial charge in [-0.15, -0.1) is 0 Å². The second-order valence-corrected chi connectivity index (χ2v) is 5.90. The Morgan fingerprint density at radius 2 is 1.65 bits per heavy atom. The van der Waals surface area contributed by atoms with E-state index in [1.807, 2.05) is 13.8 Å². The molecule has 0 spiro atoms. The summed E-state index contributed by atoms with van der Waals surface area (Å²) in [5, 5.41) is 9.13. The maximum Gasteiger partial charge on any atom is 0.310 e. The molecule has 0 fully saturated rings. The first-order valence-electron chi connectivity index (χ1n) is 6.00. The van der Waals surface area contributed by atoms with Gasteiger partial charge in [-0.25, -0.2) is 0 Å². The highest BCUT2D eigenvalue weighted by atomic mass is 16.6. The Balaban J connectivity index is 4.67. The lowest BCUT2D eigenvalue weighted by Crippen LogP contribution is -2.34. The van der Waals surface area contributed by atoms with Crippen molar-refractivity contribution in [1.82, 2.24) is 0 Å². The Morgan fingerprint density at radius 1 is 1.18 bits per heavy atom. The van der Waals surface area contributed by atoms with E-state index in [0.29, 0.717) is 6.42 Å². The third-order valence-corrected chi connectivity index (χ3v) is 2.42. The van der Waals surface area contributed by atoms with Crippen molar-refractivity contribution in [3.05, 3.63) is 0 Å². The summed E-state index contributed by atoms with van der Waals surface area (Å²) in [7, 11) is 0. The third kappa shape index (κ3) is 6.29. The highest BCUT2D eigenvalue weighted by Crippen LogP contribution is 2.23. The molecule has 2 atom stereocenters. The van der Waals surface area contributed by atoms with Crippen LogP contribution in [0.25, 0.3) is 0 Å². The average molecular weight is 244 g/mol. The van der Waals surface area contributed by atoms with Crippen LogP contribution in [-0.2, 0) is 14.3 Å². The minimum atomic E-state index is -0.933. The second kappa shape index (κ2) is 6.03. The van der Waals surface area contributed by atoms with Crippen molar-refractivity contribution in [3.63, 3.8) is 0 Å². The average Bonchev–Trinajstić information content (AvgIpc) is 2.09. The van der Waals surface area contributed by atoms with Crippen LogP contribution in [0.1, 0.15) is 48.0 Å². The number of aliphatic carboxylic acids is 1. The summed E-state index contributed by atoms with van der Waals surface area (Å²) in [6.45, 7) is 10.8. The van der Waals surface area contributed by atoms with Gasteiger partial charge in [0.25, 0.3) is 0 Å². The number of rotatable bonds is 5. The zero-order chi connectivity index (χ0) is 13.8. The molecule has 0 saturated carbocycles. The lowest BCUT2D eigenvalue weighted by atomic mass is 9.86. The van der Waals surface area contributed by atoms with Gasteiger partial charge >= 0.3 is 11.9 Å². The van der Waals surface area contributed by atoms with E-state index in [1.54, 1.807) is 27.7 Å². The molecule has 0 aromatic rings. The summed E-state index contributed by atoms with van der Waals surface area (Å²) in [5.74, 6) is -2.43. The van der Waals surface area contributed by atoms with Gasteiger partial charge in [-0.2, -0.15) is 0 Å². The molecular formula is C13H24O4. The maximum absolute atomic E-state index is 11.8. The van der Waals surface area contributed by atoms with Crippen molar-refractivity contribution in [3.8, 4) is 0 Å². The molecule has 0 bridgehead atoms. The Morgan fingerprint density at radius 3 is 1.94 bits per heavy atom. The molecule has 2 unspecified atom stereocenters. The van der Waals surface area contributed by atoms with E-state index < -0.39 is 29.4 Å². The number of carbonyl (C=O) groups is 2. The molecule has 100 valence electrons. The highest BCUT2D eigenvalue weighted by molar-refractivity contribution is 5.81. The summed E-state index contributed by atoms with van der Waals surface area (Å²) in [5.41, 5.74) is -0.577.